The van der Waals surface area contributed by atoms with E-state index in [0.29, 0.717) is 29.6 Å². The first kappa shape index (κ1) is 9.45. The molecule has 76 valence electrons. The lowest BCUT2D eigenvalue weighted by Crippen LogP contribution is -1.90. The highest BCUT2D eigenvalue weighted by Gasteiger charge is 2.10. The minimum absolute atomic E-state index is 0.186. The fourth-order valence-electron chi connectivity index (χ4n) is 1.34. The summed E-state index contributed by atoms with van der Waals surface area (Å²) in [7, 11) is 0. The van der Waals surface area contributed by atoms with Crippen LogP contribution in [0, 0.1) is 0 Å². The van der Waals surface area contributed by atoms with Crippen molar-refractivity contribution in [1.82, 2.24) is 5.16 Å². The van der Waals surface area contributed by atoms with Gasteiger partial charge in [-0.15, -0.1) is 0 Å². The van der Waals surface area contributed by atoms with Gasteiger partial charge in [0, 0.05) is 12.0 Å². The number of phenols is 1. The predicted molar refractivity (Wildman–Crippen MR) is 52.8 cm³/mol. The van der Waals surface area contributed by atoms with Crippen LogP contribution in [0.15, 0.2) is 35.0 Å². The summed E-state index contributed by atoms with van der Waals surface area (Å²) in [5, 5.41) is 13.1. The molecule has 0 saturated heterocycles. The van der Waals surface area contributed by atoms with Crippen LogP contribution in [-0.4, -0.2) is 16.5 Å². The summed E-state index contributed by atoms with van der Waals surface area (Å²) in [6, 6.07) is 6.91. The molecule has 15 heavy (non-hydrogen) atoms. The Morgan fingerprint density at radius 3 is 2.93 bits per heavy atom. The maximum atomic E-state index is 10.6. The zero-order valence-corrected chi connectivity index (χ0v) is 7.88. The van der Waals surface area contributed by atoms with Crippen molar-refractivity contribution in [1.29, 1.82) is 0 Å². The van der Waals surface area contributed by atoms with Crippen molar-refractivity contribution in [3.05, 3.63) is 47.3 Å². The van der Waals surface area contributed by atoms with Gasteiger partial charge in [0.2, 0.25) is 0 Å². The van der Waals surface area contributed by atoms with Gasteiger partial charge in [-0.3, -0.25) is 4.79 Å². The van der Waals surface area contributed by atoms with Crippen molar-refractivity contribution in [2.45, 2.75) is 6.42 Å². The number of carbonyl (C=O) groups is 1. The van der Waals surface area contributed by atoms with Gasteiger partial charge in [0.25, 0.3) is 0 Å². The predicted octanol–water partition coefficient (Wildman–Crippen LogP) is 1.78. The standard InChI is InChI=1S/C11H9NO3/c13-7-9-6-12-15-11(9)5-8-3-1-2-4-10(8)14/h1-4,6-7,14H,5H2. The topological polar surface area (TPSA) is 63.3 Å². The van der Waals surface area contributed by atoms with E-state index in [4.69, 9.17) is 4.52 Å². The molecule has 2 aromatic rings. The van der Waals surface area contributed by atoms with E-state index >= 15 is 0 Å². The Bertz CT molecular complexity index is 476. The average molecular weight is 203 g/mol. The monoisotopic (exact) mass is 203 g/mol. The fourth-order valence-corrected chi connectivity index (χ4v) is 1.34. The number of carbonyl (C=O) groups excluding carboxylic acids is 1. The van der Waals surface area contributed by atoms with Crippen molar-refractivity contribution in [2.75, 3.05) is 0 Å². The Morgan fingerprint density at radius 2 is 2.20 bits per heavy atom. The Labute approximate surface area is 86.1 Å². The van der Waals surface area contributed by atoms with Gasteiger partial charge in [-0.25, -0.2) is 0 Å². The second-order valence-electron chi connectivity index (χ2n) is 3.13. The van der Waals surface area contributed by atoms with Gasteiger partial charge < -0.3 is 9.63 Å². The number of phenolic OH excluding ortho intramolecular Hbond substituents is 1. The molecule has 1 aromatic heterocycles. The Morgan fingerprint density at radius 1 is 1.40 bits per heavy atom. The lowest BCUT2D eigenvalue weighted by atomic mass is 10.1. The molecule has 0 bridgehead atoms. The van der Waals surface area contributed by atoms with Gasteiger partial charge >= 0.3 is 0 Å². The zero-order valence-electron chi connectivity index (χ0n) is 7.88. The summed E-state index contributed by atoms with van der Waals surface area (Å²) in [6.07, 6.45) is 2.41. The van der Waals surface area contributed by atoms with Gasteiger partial charge in [-0.2, -0.15) is 0 Å². The van der Waals surface area contributed by atoms with Crippen LogP contribution < -0.4 is 0 Å². The number of para-hydroxylation sites is 1. The van der Waals surface area contributed by atoms with E-state index in [-0.39, 0.29) is 5.75 Å². The number of rotatable bonds is 3. The third-order valence-electron chi connectivity index (χ3n) is 2.15. The van der Waals surface area contributed by atoms with E-state index in [1.807, 2.05) is 6.07 Å². The third-order valence-corrected chi connectivity index (χ3v) is 2.15. The van der Waals surface area contributed by atoms with Crippen LogP contribution in [0.5, 0.6) is 5.75 Å². The molecule has 0 aliphatic heterocycles. The highest BCUT2D eigenvalue weighted by molar-refractivity contribution is 5.75. The van der Waals surface area contributed by atoms with Gasteiger partial charge in [0.05, 0.1) is 11.8 Å². The fraction of sp³-hybridized carbons (Fsp3) is 0.0909. The summed E-state index contributed by atoms with van der Waals surface area (Å²) in [5.41, 5.74) is 1.12. The quantitative estimate of drug-likeness (QED) is 0.772. The maximum Gasteiger partial charge on any atom is 0.155 e. The summed E-state index contributed by atoms with van der Waals surface area (Å²) < 4.78 is 4.92. The smallest absolute Gasteiger partial charge is 0.155 e. The van der Waals surface area contributed by atoms with Crippen molar-refractivity contribution in [3.63, 3.8) is 0 Å². The number of hydrogen-bond donors (Lipinski definition) is 1. The molecule has 1 heterocycles. The molecule has 2 rings (SSSR count). The number of aromatic nitrogens is 1. The molecule has 0 aliphatic carbocycles. The van der Waals surface area contributed by atoms with E-state index < -0.39 is 0 Å². The van der Waals surface area contributed by atoms with E-state index in [9.17, 15) is 9.90 Å². The highest BCUT2D eigenvalue weighted by atomic mass is 16.5. The number of hydrogen-bond acceptors (Lipinski definition) is 4. The molecule has 4 nitrogen and oxygen atoms in total. The number of benzene rings is 1. The van der Waals surface area contributed by atoms with Crippen molar-refractivity contribution >= 4 is 6.29 Å². The Hall–Kier alpha value is -2.10. The van der Waals surface area contributed by atoms with Gasteiger partial charge in [-0.05, 0) is 6.07 Å². The second kappa shape index (κ2) is 3.96. The van der Waals surface area contributed by atoms with Gasteiger partial charge in [0.15, 0.2) is 12.0 Å². The minimum Gasteiger partial charge on any atom is -0.508 e. The summed E-state index contributed by atoms with van der Waals surface area (Å²) >= 11 is 0. The minimum atomic E-state index is 0.186. The summed E-state index contributed by atoms with van der Waals surface area (Å²) in [6.45, 7) is 0. The largest absolute Gasteiger partial charge is 0.508 e. The molecule has 0 fully saturated rings. The lowest BCUT2D eigenvalue weighted by Gasteiger charge is -2.00. The molecule has 0 atom stereocenters. The van der Waals surface area contributed by atoms with Crippen LogP contribution in [0.1, 0.15) is 21.7 Å². The second-order valence-corrected chi connectivity index (χ2v) is 3.13. The van der Waals surface area contributed by atoms with Crippen LogP contribution in [0.2, 0.25) is 0 Å². The normalized spacial score (nSPS) is 10.1. The van der Waals surface area contributed by atoms with Gasteiger partial charge in [-0.1, -0.05) is 23.4 Å². The SMILES string of the molecule is O=Cc1cnoc1Cc1ccccc1O. The first-order chi connectivity index (χ1) is 7.31. The molecule has 0 spiro atoms. The van der Waals surface area contributed by atoms with Crippen molar-refractivity contribution < 1.29 is 14.4 Å². The van der Waals surface area contributed by atoms with Crippen LogP contribution in [0.3, 0.4) is 0 Å². The molecule has 4 heteroatoms. The molecule has 0 aliphatic rings. The van der Waals surface area contributed by atoms with Crippen LogP contribution in [-0.2, 0) is 6.42 Å². The molecule has 0 saturated carbocycles. The first-order valence-corrected chi connectivity index (χ1v) is 4.47. The van der Waals surface area contributed by atoms with E-state index in [0.717, 1.165) is 0 Å². The molecule has 1 aromatic carbocycles. The van der Waals surface area contributed by atoms with Gasteiger partial charge in [0.1, 0.15) is 5.75 Å². The molecule has 1 N–H and O–H groups in total. The van der Waals surface area contributed by atoms with Crippen LogP contribution >= 0.6 is 0 Å². The third kappa shape index (κ3) is 1.88. The first-order valence-electron chi connectivity index (χ1n) is 4.47. The molecule has 0 radical (unpaired) electrons. The van der Waals surface area contributed by atoms with E-state index in [2.05, 4.69) is 5.16 Å². The van der Waals surface area contributed by atoms with E-state index in [1.165, 1.54) is 6.20 Å². The Kier molecular flexibility index (Phi) is 2.49. The summed E-state index contributed by atoms with van der Waals surface area (Å²) in [5.74, 6) is 0.650. The molecule has 0 amide bonds. The molecular weight excluding hydrogens is 194 g/mol. The van der Waals surface area contributed by atoms with Crippen molar-refractivity contribution in [2.24, 2.45) is 0 Å². The van der Waals surface area contributed by atoms with E-state index in [1.54, 1.807) is 18.2 Å². The lowest BCUT2D eigenvalue weighted by molar-refractivity contribution is 0.112. The zero-order chi connectivity index (χ0) is 10.7. The van der Waals surface area contributed by atoms with Crippen LogP contribution in [0.4, 0.5) is 0 Å². The Balaban J connectivity index is 2.29. The molecule has 0 unspecified atom stereocenters. The average Bonchev–Trinajstić information content (AvgIpc) is 2.69. The summed E-state index contributed by atoms with van der Waals surface area (Å²) in [4.78, 5) is 10.6. The van der Waals surface area contributed by atoms with Crippen molar-refractivity contribution in [3.8, 4) is 5.75 Å². The number of aromatic hydroxyl groups is 1. The molecular formula is C11H9NO3. The number of nitrogens with zero attached hydrogens (tertiary/aromatic N) is 1. The maximum absolute atomic E-state index is 10.6. The number of aldehydes is 1. The highest BCUT2D eigenvalue weighted by Crippen LogP contribution is 2.20. The van der Waals surface area contributed by atoms with Crippen LogP contribution in [0.25, 0.3) is 0 Å².